The first kappa shape index (κ1) is 24.8. The van der Waals surface area contributed by atoms with Crippen LogP contribution in [-0.4, -0.2) is 28.2 Å². The van der Waals surface area contributed by atoms with Crippen LogP contribution in [0.5, 0.6) is 0 Å². The first-order valence-electron chi connectivity index (χ1n) is 9.95. The Kier molecular flexibility index (Phi) is 5.99. The number of hydrogen-bond donors (Lipinski definition) is 2. The average Bonchev–Trinajstić information content (AvgIpc) is 3.10. The van der Waals surface area contributed by atoms with Crippen LogP contribution in [0.1, 0.15) is 17.1 Å². The lowest BCUT2D eigenvalue weighted by Gasteiger charge is -2.18. The molecule has 2 aromatic heterocycles. The van der Waals surface area contributed by atoms with Crippen molar-refractivity contribution < 1.29 is 26.0 Å². The fraction of sp³-hybridized carbons (Fsp3) is 0.0909. The number of primary sulfonamides is 1. The van der Waals surface area contributed by atoms with Gasteiger partial charge in [-0.05, 0) is 48.9 Å². The van der Waals surface area contributed by atoms with Crippen molar-refractivity contribution in [2.45, 2.75) is 18.0 Å². The highest BCUT2D eigenvalue weighted by atomic mass is 32.2. The molecule has 0 unspecified atom stereocenters. The molecule has 0 saturated carbocycles. The van der Waals surface area contributed by atoms with E-state index < -0.39 is 33.7 Å². The number of halogens is 4. The zero-order valence-electron chi connectivity index (χ0n) is 18.2. The molecular formula is C22H15F4N7O2S. The lowest BCUT2D eigenvalue weighted by molar-refractivity contribution is -0.144. The lowest BCUT2D eigenvalue weighted by Crippen LogP contribution is -2.17. The maximum Gasteiger partial charge on any atom is 0.451 e. The topological polar surface area (TPSA) is 154 Å². The molecule has 0 aliphatic heterocycles. The van der Waals surface area contributed by atoms with Crippen molar-refractivity contribution in [1.29, 1.82) is 5.26 Å². The second-order valence-electron chi connectivity index (χ2n) is 7.54. The maximum atomic E-state index is 13.9. The van der Waals surface area contributed by atoms with Gasteiger partial charge in [0.15, 0.2) is 5.82 Å². The Morgan fingerprint density at radius 2 is 1.72 bits per heavy atom. The fourth-order valence-corrected chi connectivity index (χ4v) is 4.04. The molecule has 36 heavy (non-hydrogen) atoms. The predicted octanol–water partition coefficient (Wildman–Crippen LogP) is 3.56. The molecule has 9 nitrogen and oxygen atoms in total. The average molecular weight is 517 g/mol. The van der Waals surface area contributed by atoms with E-state index in [0.717, 1.165) is 22.9 Å². The van der Waals surface area contributed by atoms with Gasteiger partial charge >= 0.3 is 6.18 Å². The Balaban J connectivity index is 2.20. The fourth-order valence-electron chi connectivity index (χ4n) is 3.48. The molecule has 2 heterocycles. The van der Waals surface area contributed by atoms with Crippen LogP contribution in [0.2, 0.25) is 0 Å². The van der Waals surface area contributed by atoms with Crippen molar-refractivity contribution in [3.05, 3.63) is 71.4 Å². The van der Waals surface area contributed by atoms with Crippen LogP contribution in [0.15, 0.2) is 53.4 Å². The number of aromatic nitrogens is 4. The molecule has 0 atom stereocenters. The maximum absolute atomic E-state index is 13.9. The minimum atomic E-state index is -5.01. The van der Waals surface area contributed by atoms with Crippen LogP contribution >= 0.6 is 0 Å². The zero-order chi connectivity index (χ0) is 26.4. The van der Waals surface area contributed by atoms with Gasteiger partial charge in [0.1, 0.15) is 23.3 Å². The number of hydrogen-bond acceptors (Lipinski definition) is 7. The highest BCUT2D eigenvalue weighted by Crippen LogP contribution is 2.39. The molecular weight excluding hydrogens is 502 g/mol. The van der Waals surface area contributed by atoms with Gasteiger partial charge in [-0.25, -0.2) is 27.9 Å². The molecule has 4 aromatic rings. The number of nitrogen functional groups attached to an aromatic ring is 1. The van der Waals surface area contributed by atoms with Crippen molar-refractivity contribution >= 4 is 15.8 Å². The molecule has 4 rings (SSSR count). The Hall–Kier alpha value is -4.35. The minimum Gasteiger partial charge on any atom is -0.382 e. The number of rotatable bonds is 4. The standard InChI is InChI=1S/C22H15F4N7O2S/c1-11-16(10-27)19(28)33(32-11)20-17(13-3-2-4-15(9-13)36(29,34)35)18(12-5-7-14(23)8-6-12)30-21(31-20)22(24,25)26/h2-9H,28H2,1H3,(H2,29,34,35). The molecule has 2 aromatic carbocycles. The third-order valence-corrected chi connectivity index (χ3v) is 6.03. The number of anilines is 1. The molecule has 0 amide bonds. The monoisotopic (exact) mass is 517 g/mol. The third-order valence-electron chi connectivity index (χ3n) is 5.12. The highest BCUT2D eigenvalue weighted by molar-refractivity contribution is 7.89. The van der Waals surface area contributed by atoms with E-state index in [1.165, 1.54) is 37.3 Å². The summed E-state index contributed by atoms with van der Waals surface area (Å²) < 4.78 is 80.0. The summed E-state index contributed by atoms with van der Waals surface area (Å²) in [6, 6.07) is 11.3. The van der Waals surface area contributed by atoms with Crippen molar-refractivity contribution in [2.24, 2.45) is 5.14 Å². The molecule has 14 heteroatoms. The first-order valence-corrected chi connectivity index (χ1v) is 11.5. The van der Waals surface area contributed by atoms with Crippen LogP contribution in [0.25, 0.3) is 28.2 Å². The lowest BCUT2D eigenvalue weighted by atomic mass is 9.99. The Morgan fingerprint density at radius 1 is 1.06 bits per heavy atom. The molecule has 0 fully saturated rings. The van der Waals surface area contributed by atoms with Crippen LogP contribution in [0.4, 0.5) is 23.4 Å². The van der Waals surface area contributed by atoms with Gasteiger partial charge in [-0.1, -0.05) is 12.1 Å². The third kappa shape index (κ3) is 4.49. The van der Waals surface area contributed by atoms with Gasteiger partial charge in [0.05, 0.1) is 21.8 Å². The van der Waals surface area contributed by atoms with Gasteiger partial charge in [0, 0.05) is 5.56 Å². The van der Waals surface area contributed by atoms with Crippen LogP contribution < -0.4 is 10.9 Å². The van der Waals surface area contributed by atoms with Crippen LogP contribution in [0.3, 0.4) is 0 Å². The summed E-state index contributed by atoms with van der Waals surface area (Å²) >= 11 is 0. The SMILES string of the molecule is Cc1nn(-c2nc(C(F)(F)F)nc(-c3ccc(F)cc3)c2-c2cccc(S(N)(=O)=O)c2)c(N)c1C#N. The number of alkyl halides is 3. The van der Waals surface area contributed by atoms with Crippen molar-refractivity contribution in [2.75, 3.05) is 5.73 Å². The molecule has 0 saturated heterocycles. The van der Waals surface area contributed by atoms with Crippen molar-refractivity contribution in [1.82, 2.24) is 19.7 Å². The molecule has 0 aliphatic carbocycles. The van der Waals surface area contributed by atoms with E-state index in [0.29, 0.717) is 0 Å². The van der Waals surface area contributed by atoms with E-state index in [1.54, 1.807) is 0 Å². The summed E-state index contributed by atoms with van der Waals surface area (Å²) in [5, 5.41) is 18.7. The van der Waals surface area contributed by atoms with Gasteiger partial charge in [0.25, 0.3) is 0 Å². The van der Waals surface area contributed by atoms with E-state index in [4.69, 9.17) is 10.9 Å². The molecule has 184 valence electrons. The van der Waals surface area contributed by atoms with Crippen LogP contribution in [0, 0.1) is 24.1 Å². The Morgan fingerprint density at radius 3 is 2.28 bits per heavy atom. The molecule has 0 aliphatic rings. The van der Waals surface area contributed by atoms with E-state index >= 15 is 0 Å². The summed E-state index contributed by atoms with van der Waals surface area (Å²) in [4.78, 5) is 7.01. The van der Waals surface area contributed by atoms with Crippen molar-refractivity contribution in [3.63, 3.8) is 0 Å². The Bertz CT molecular complexity index is 1640. The number of sulfonamides is 1. The number of benzene rings is 2. The molecule has 0 bridgehead atoms. The second kappa shape index (κ2) is 8.70. The predicted molar refractivity (Wildman–Crippen MR) is 120 cm³/mol. The van der Waals surface area contributed by atoms with Crippen LogP contribution in [-0.2, 0) is 16.2 Å². The highest BCUT2D eigenvalue weighted by Gasteiger charge is 2.37. The second-order valence-corrected chi connectivity index (χ2v) is 9.10. The number of aryl methyl sites for hydroxylation is 1. The van der Waals surface area contributed by atoms with Gasteiger partial charge in [-0.3, -0.25) is 0 Å². The minimum absolute atomic E-state index is 0.0515. The summed E-state index contributed by atoms with van der Waals surface area (Å²) in [5.74, 6) is -2.98. The zero-order valence-corrected chi connectivity index (χ0v) is 19.1. The summed E-state index contributed by atoms with van der Waals surface area (Å²) in [6.07, 6.45) is -5.01. The molecule has 0 radical (unpaired) electrons. The number of nitriles is 1. The van der Waals surface area contributed by atoms with Gasteiger partial charge in [-0.2, -0.15) is 28.2 Å². The van der Waals surface area contributed by atoms with E-state index in [9.17, 15) is 31.2 Å². The van der Waals surface area contributed by atoms with E-state index in [2.05, 4.69) is 15.1 Å². The summed E-state index contributed by atoms with van der Waals surface area (Å²) in [7, 11) is -4.20. The smallest absolute Gasteiger partial charge is 0.382 e. The quantitative estimate of drug-likeness (QED) is 0.392. The summed E-state index contributed by atoms with van der Waals surface area (Å²) in [6.45, 7) is 1.43. The normalized spacial score (nSPS) is 11.9. The van der Waals surface area contributed by atoms with Gasteiger partial charge in [0.2, 0.25) is 15.8 Å². The number of nitrogens with zero attached hydrogens (tertiary/aromatic N) is 5. The first-order chi connectivity index (χ1) is 16.8. The van der Waals surface area contributed by atoms with Crippen molar-refractivity contribution in [3.8, 4) is 34.3 Å². The van der Waals surface area contributed by atoms with E-state index in [1.807, 2.05) is 6.07 Å². The van der Waals surface area contributed by atoms with E-state index in [-0.39, 0.29) is 44.4 Å². The molecule has 4 N–H and O–H groups in total. The van der Waals surface area contributed by atoms with Gasteiger partial charge in [-0.15, -0.1) is 0 Å². The van der Waals surface area contributed by atoms with Gasteiger partial charge < -0.3 is 5.73 Å². The molecule has 0 spiro atoms. The Labute approximate surface area is 201 Å². The number of nitrogens with two attached hydrogens (primary N) is 2. The largest absolute Gasteiger partial charge is 0.451 e. The summed E-state index contributed by atoms with van der Waals surface area (Å²) in [5.41, 5.74) is 5.75.